The quantitative estimate of drug-likeness (QED) is 0.285. The van der Waals surface area contributed by atoms with E-state index in [1.54, 1.807) is 18.2 Å². The molecule has 1 aromatic carbocycles. The fourth-order valence-corrected chi connectivity index (χ4v) is 7.54. The van der Waals surface area contributed by atoms with E-state index in [-0.39, 0.29) is 46.2 Å². The molecule has 0 bridgehead atoms. The van der Waals surface area contributed by atoms with Crippen molar-refractivity contribution in [1.29, 1.82) is 0 Å². The molecule has 12 heteroatoms. The summed E-state index contributed by atoms with van der Waals surface area (Å²) in [7, 11) is 0. The number of aromatic nitrogens is 2. The van der Waals surface area contributed by atoms with E-state index < -0.39 is 30.9 Å². The molecule has 3 aromatic rings. The van der Waals surface area contributed by atoms with Crippen LogP contribution in [0, 0.1) is 0 Å². The summed E-state index contributed by atoms with van der Waals surface area (Å²) < 4.78 is 63.2. The van der Waals surface area contributed by atoms with E-state index in [4.69, 9.17) is 4.52 Å². The van der Waals surface area contributed by atoms with Crippen LogP contribution in [0.5, 0.6) is 0 Å². The number of alkyl halides is 4. The molecule has 1 amide bonds. The van der Waals surface area contributed by atoms with Gasteiger partial charge in [-0.25, -0.2) is 4.39 Å². The first-order valence-electron chi connectivity index (χ1n) is 13.9. The smallest absolute Gasteiger partial charge is 0.378 e. The number of benzene rings is 1. The van der Waals surface area contributed by atoms with Crippen LogP contribution in [0.3, 0.4) is 0 Å². The summed E-state index contributed by atoms with van der Waals surface area (Å²) in [5.41, 5.74) is 0.655. The van der Waals surface area contributed by atoms with Gasteiger partial charge in [-0.2, -0.15) is 18.2 Å². The van der Waals surface area contributed by atoms with E-state index in [2.05, 4.69) is 46.4 Å². The summed E-state index contributed by atoms with van der Waals surface area (Å²) in [4.78, 5) is 18.5. The largest absolute Gasteiger partial charge is 0.393 e. The first-order chi connectivity index (χ1) is 19.0. The second-order valence-corrected chi connectivity index (χ2v) is 12.0. The minimum Gasteiger partial charge on any atom is -0.378 e. The predicted molar refractivity (Wildman–Crippen MR) is 147 cm³/mol. The van der Waals surface area contributed by atoms with E-state index in [9.17, 15) is 18.0 Å². The summed E-state index contributed by atoms with van der Waals surface area (Å²) >= 11 is 1.14. The Balaban J connectivity index is 1.52. The maximum Gasteiger partial charge on any atom is 0.393 e. The van der Waals surface area contributed by atoms with Gasteiger partial charge < -0.3 is 15.2 Å². The first-order valence-corrected chi connectivity index (χ1v) is 14.7. The van der Waals surface area contributed by atoms with Gasteiger partial charge in [0.15, 0.2) is 0 Å². The van der Waals surface area contributed by atoms with E-state index in [1.165, 1.54) is 0 Å². The van der Waals surface area contributed by atoms with Crippen LogP contribution in [0.25, 0.3) is 20.8 Å². The number of nitrogens with one attached hydrogen (secondary N) is 2. The number of hydrogen-bond acceptors (Lipinski definition) is 7. The molecule has 2 fully saturated rings. The zero-order valence-electron chi connectivity index (χ0n) is 23.0. The summed E-state index contributed by atoms with van der Waals surface area (Å²) in [5, 5.41) is 10.5. The molecule has 5 atom stereocenters. The number of rotatable bonds is 8. The second-order valence-electron chi connectivity index (χ2n) is 11.0. The average molecular weight is 582 g/mol. The molecule has 5 unspecified atom stereocenters. The van der Waals surface area contributed by atoms with Gasteiger partial charge in [0.05, 0.1) is 27.7 Å². The number of anilines is 1. The highest BCUT2D eigenvalue weighted by molar-refractivity contribution is 7.23. The molecule has 40 heavy (non-hydrogen) atoms. The van der Waals surface area contributed by atoms with Crippen LogP contribution < -0.4 is 10.6 Å². The molecule has 7 nitrogen and oxygen atoms in total. The molecular formula is C28H35F4N5O2S. The minimum atomic E-state index is -4.46. The van der Waals surface area contributed by atoms with Gasteiger partial charge in [0.2, 0.25) is 17.6 Å². The lowest BCUT2D eigenvalue weighted by molar-refractivity contribution is -0.126. The molecule has 0 radical (unpaired) electrons. The Hall–Kier alpha value is -2.73. The highest BCUT2D eigenvalue weighted by atomic mass is 32.1. The Morgan fingerprint density at radius 1 is 1.25 bits per heavy atom. The van der Waals surface area contributed by atoms with Crippen LogP contribution in [-0.4, -0.2) is 57.5 Å². The van der Waals surface area contributed by atoms with Gasteiger partial charge in [0, 0.05) is 24.5 Å². The third-order valence-corrected chi connectivity index (χ3v) is 9.32. The second kappa shape index (κ2) is 11.3. The molecule has 0 aliphatic carbocycles. The molecule has 0 spiro atoms. The highest BCUT2D eigenvalue weighted by Crippen LogP contribution is 2.44. The molecule has 218 valence electrons. The third kappa shape index (κ3) is 5.57. The molecule has 2 N–H and O–H groups in total. The van der Waals surface area contributed by atoms with E-state index in [0.717, 1.165) is 17.8 Å². The maximum absolute atomic E-state index is 16.0. The number of nitrogens with zero attached hydrogens (tertiary/aromatic N) is 3. The topological polar surface area (TPSA) is 83.3 Å². The average Bonchev–Trinajstić information content (AvgIpc) is 3.63. The lowest BCUT2D eigenvalue weighted by atomic mass is 9.85. The van der Waals surface area contributed by atoms with Gasteiger partial charge in [0.1, 0.15) is 12.2 Å². The Morgan fingerprint density at radius 3 is 2.65 bits per heavy atom. The van der Waals surface area contributed by atoms with Crippen LogP contribution in [0.1, 0.15) is 77.3 Å². The number of piperidine rings is 1. The Bertz CT molecular complexity index is 1360. The molecule has 2 saturated heterocycles. The molecular weight excluding hydrogens is 546 g/mol. The molecule has 2 aliphatic rings. The Labute approximate surface area is 234 Å². The Morgan fingerprint density at radius 2 is 2.02 bits per heavy atom. The molecule has 5 rings (SSSR count). The third-order valence-electron chi connectivity index (χ3n) is 8.04. The van der Waals surface area contributed by atoms with E-state index >= 15 is 4.39 Å². The summed E-state index contributed by atoms with van der Waals surface area (Å²) in [6, 6.07) is 4.36. The van der Waals surface area contributed by atoms with Crippen molar-refractivity contribution in [2.24, 2.45) is 0 Å². The van der Waals surface area contributed by atoms with Crippen molar-refractivity contribution in [2.75, 3.05) is 5.32 Å². The zero-order valence-corrected chi connectivity index (χ0v) is 23.8. The Kier molecular flexibility index (Phi) is 8.11. The normalized spacial score (nSPS) is 26.1. The lowest BCUT2D eigenvalue weighted by Gasteiger charge is -2.49. The summed E-state index contributed by atoms with van der Waals surface area (Å²) in [6.07, 6.45) is -3.82. The van der Waals surface area contributed by atoms with Crippen molar-refractivity contribution >= 4 is 33.0 Å². The van der Waals surface area contributed by atoms with Crippen molar-refractivity contribution < 1.29 is 26.9 Å². The number of hydrogen-bond donors (Lipinski definition) is 2. The first kappa shape index (κ1) is 28.8. The summed E-state index contributed by atoms with van der Waals surface area (Å²) in [6.45, 7) is 8.28. The van der Waals surface area contributed by atoms with Crippen molar-refractivity contribution in [3.05, 3.63) is 29.7 Å². The van der Waals surface area contributed by atoms with Crippen LogP contribution >= 0.6 is 11.3 Å². The van der Waals surface area contributed by atoms with E-state index in [1.807, 2.05) is 6.92 Å². The number of carbonyl (C=O) groups excluding carboxylic acids is 1. The van der Waals surface area contributed by atoms with Crippen LogP contribution in [0.15, 0.2) is 22.7 Å². The lowest BCUT2D eigenvalue weighted by Crippen LogP contribution is -2.61. The van der Waals surface area contributed by atoms with Gasteiger partial charge in [-0.05, 0) is 56.5 Å². The molecule has 2 aromatic heterocycles. The molecule has 0 saturated carbocycles. The number of amides is 1. The number of carbonyl (C=O) groups is 1. The van der Waals surface area contributed by atoms with Crippen molar-refractivity contribution in [1.82, 2.24) is 20.4 Å². The SMILES string of the molecule is CCC1CC(Nc2cccc3c(CC(F)(F)F)c(-c4noc(C5CCC(=O)N5)n4)sc23)C(F)C(CC)N1C(C)C. The predicted octanol–water partition coefficient (Wildman–Crippen LogP) is 6.80. The zero-order chi connectivity index (χ0) is 28.8. The molecule has 4 heterocycles. The van der Waals surface area contributed by atoms with E-state index in [0.29, 0.717) is 41.5 Å². The number of thiophene rings is 1. The van der Waals surface area contributed by atoms with Crippen LogP contribution in [0.4, 0.5) is 23.2 Å². The maximum atomic E-state index is 16.0. The van der Waals surface area contributed by atoms with Crippen molar-refractivity contribution in [3.8, 4) is 10.7 Å². The number of likely N-dealkylation sites (tertiary alicyclic amines) is 1. The summed E-state index contributed by atoms with van der Waals surface area (Å²) in [5.74, 6) is 0.0809. The number of fused-ring (bicyclic) bond motifs is 1. The van der Waals surface area contributed by atoms with Gasteiger partial charge in [-0.15, -0.1) is 11.3 Å². The highest BCUT2D eigenvalue weighted by Gasteiger charge is 2.43. The van der Waals surface area contributed by atoms with Gasteiger partial charge in [-0.3, -0.25) is 9.69 Å². The van der Waals surface area contributed by atoms with Gasteiger partial charge >= 0.3 is 6.18 Å². The van der Waals surface area contributed by atoms with Gasteiger partial charge in [0.25, 0.3) is 0 Å². The van der Waals surface area contributed by atoms with Crippen LogP contribution in [0.2, 0.25) is 0 Å². The van der Waals surface area contributed by atoms with Crippen LogP contribution in [-0.2, 0) is 11.2 Å². The minimum absolute atomic E-state index is 0.0493. The standard InChI is InChI=1S/C28H35F4N5O2S/c1-5-15-12-20(23(29)21(6-2)37(15)14(3)4)33-18-9-7-8-16-17(13-28(30,31)32)25(40-24(16)18)26-35-27(39-36-26)19-10-11-22(38)34-19/h7-9,14-15,19-21,23,33H,5-6,10-13H2,1-4H3,(H,34,38). The fraction of sp³-hybridized carbons (Fsp3) is 0.607. The monoisotopic (exact) mass is 581 g/mol. The molecule has 2 aliphatic heterocycles. The number of halogens is 4. The van der Waals surface area contributed by atoms with Crippen molar-refractivity contribution in [2.45, 2.75) is 109 Å². The van der Waals surface area contributed by atoms with Gasteiger partial charge in [-0.1, -0.05) is 31.1 Å². The van der Waals surface area contributed by atoms with Crippen molar-refractivity contribution in [3.63, 3.8) is 0 Å². The fourth-order valence-electron chi connectivity index (χ4n) is 6.31.